The van der Waals surface area contributed by atoms with Crippen LogP contribution in [0, 0.1) is 5.41 Å². The molecule has 0 unspecified atom stereocenters. The minimum Gasteiger partial charge on any atom is -0.330 e. The van der Waals surface area contributed by atoms with Crippen molar-refractivity contribution in [2.75, 3.05) is 13.1 Å². The third kappa shape index (κ3) is 6.42. The predicted octanol–water partition coefficient (Wildman–Crippen LogP) is 3.70. The van der Waals surface area contributed by atoms with E-state index in [4.69, 9.17) is 5.73 Å². The molecule has 0 fully saturated rings. The Morgan fingerprint density at radius 2 is 1.47 bits per heavy atom. The van der Waals surface area contributed by atoms with Crippen molar-refractivity contribution in [3.63, 3.8) is 0 Å². The monoisotopic (exact) mass is 242 g/mol. The molecular weight excluding hydrogens is 208 g/mol. The van der Waals surface area contributed by atoms with Crippen molar-refractivity contribution < 1.29 is 0 Å². The summed E-state index contributed by atoms with van der Waals surface area (Å²) in [4.78, 5) is 0. The molecule has 2 nitrogen and oxygen atoms in total. The minimum absolute atomic E-state index is 0.373. The van der Waals surface area contributed by atoms with Crippen LogP contribution in [0.2, 0.25) is 0 Å². The van der Waals surface area contributed by atoms with Crippen molar-refractivity contribution in [3.05, 3.63) is 0 Å². The van der Waals surface area contributed by atoms with E-state index in [0.29, 0.717) is 11.0 Å². The molecule has 0 heterocycles. The molecule has 0 amide bonds. The Bertz CT molecular complexity index is 175. The molecule has 3 N–H and O–H groups in total. The molecule has 0 spiro atoms. The van der Waals surface area contributed by atoms with Crippen LogP contribution in [0.4, 0.5) is 0 Å². The maximum Gasteiger partial charge on any atom is 0.0173 e. The van der Waals surface area contributed by atoms with Gasteiger partial charge in [-0.1, -0.05) is 34.6 Å². The van der Waals surface area contributed by atoms with Gasteiger partial charge in [-0.05, 0) is 57.0 Å². The molecule has 0 bridgehead atoms. The summed E-state index contributed by atoms with van der Waals surface area (Å²) in [7, 11) is 0. The lowest BCUT2D eigenvalue weighted by atomic mass is 9.84. The SMILES string of the molecule is CCC(CC)(CC)NCCCC(C)(C)CCN. The first kappa shape index (κ1) is 16.9. The molecule has 0 atom stereocenters. The Kier molecular flexibility index (Phi) is 8.06. The number of hydrogen-bond donors (Lipinski definition) is 2. The third-order valence-corrected chi connectivity index (χ3v) is 4.38. The highest BCUT2D eigenvalue weighted by molar-refractivity contribution is 4.83. The molecule has 0 aromatic heterocycles. The maximum absolute atomic E-state index is 5.64. The second kappa shape index (κ2) is 8.10. The van der Waals surface area contributed by atoms with Gasteiger partial charge in [-0.15, -0.1) is 0 Å². The highest BCUT2D eigenvalue weighted by Gasteiger charge is 2.23. The van der Waals surface area contributed by atoms with Crippen LogP contribution in [0.5, 0.6) is 0 Å². The Morgan fingerprint density at radius 1 is 0.941 bits per heavy atom. The summed E-state index contributed by atoms with van der Waals surface area (Å²) in [6, 6.07) is 0. The Labute approximate surface area is 109 Å². The number of rotatable bonds is 10. The Hall–Kier alpha value is -0.0800. The van der Waals surface area contributed by atoms with Crippen molar-refractivity contribution in [2.24, 2.45) is 11.1 Å². The molecule has 0 radical (unpaired) electrons. The van der Waals surface area contributed by atoms with Gasteiger partial charge in [0.05, 0.1) is 0 Å². The highest BCUT2D eigenvalue weighted by atomic mass is 15.0. The highest BCUT2D eigenvalue weighted by Crippen LogP contribution is 2.26. The average Bonchev–Trinajstić information content (AvgIpc) is 2.30. The third-order valence-electron chi connectivity index (χ3n) is 4.38. The van der Waals surface area contributed by atoms with Gasteiger partial charge in [0.1, 0.15) is 0 Å². The van der Waals surface area contributed by atoms with Crippen LogP contribution >= 0.6 is 0 Å². The van der Waals surface area contributed by atoms with Gasteiger partial charge in [0.15, 0.2) is 0 Å². The number of nitrogens with two attached hydrogens (primary N) is 1. The summed E-state index contributed by atoms with van der Waals surface area (Å²) in [5, 5.41) is 3.77. The van der Waals surface area contributed by atoms with Gasteiger partial charge < -0.3 is 11.1 Å². The van der Waals surface area contributed by atoms with Crippen molar-refractivity contribution >= 4 is 0 Å². The van der Waals surface area contributed by atoms with Gasteiger partial charge in [-0.2, -0.15) is 0 Å². The first-order valence-electron chi connectivity index (χ1n) is 7.40. The van der Waals surface area contributed by atoms with Crippen LogP contribution in [0.15, 0.2) is 0 Å². The van der Waals surface area contributed by atoms with Crippen molar-refractivity contribution in [2.45, 2.75) is 78.7 Å². The van der Waals surface area contributed by atoms with Crippen LogP contribution in [-0.2, 0) is 0 Å². The molecule has 0 saturated heterocycles. The van der Waals surface area contributed by atoms with E-state index < -0.39 is 0 Å². The molecule has 104 valence electrons. The van der Waals surface area contributed by atoms with Crippen LogP contribution in [0.3, 0.4) is 0 Å². The molecule has 0 rings (SSSR count). The number of hydrogen-bond acceptors (Lipinski definition) is 2. The van der Waals surface area contributed by atoms with Crippen molar-refractivity contribution in [3.8, 4) is 0 Å². The first-order valence-corrected chi connectivity index (χ1v) is 7.40. The molecule has 17 heavy (non-hydrogen) atoms. The maximum atomic E-state index is 5.64. The molecule has 0 aliphatic carbocycles. The van der Waals surface area contributed by atoms with E-state index >= 15 is 0 Å². The fourth-order valence-electron chi connectivity index (χ4n) is 2.56. The molecule has 2 heteroatoms. The quantitative estimate of drug-likeness (QED) is 0.573. The second-order valence-corrected chi connectivity index (χ2v) is 6.07. The molecule has 0 aromatic carbocycles. The standard InChI is InChI=1S/C15H34N2/c1-6-15(7-2,8-3)17-13-9-10-14(4,5)11-12-16/h17H,6-13,16H2,1-5H3. The summed E-state index contributed by atoms with van der Waals surface area (Å²) >= 11 is 0. The van der Waals surface area contributed by atoms with Crippen molar-refractivity contribution in [1.82, 2.24) is 5.32 Å². The molecule has 0 saturated carbocycles. The Balaban J connectivity index is 3.90. The molecule has 0 aliphatic rings. The Morgan fingerprint density at radius 3 is 1.88 bits per heavy atom. The van der Waals surface area contributed by atoms with E-state index in [9.17, 15) is 0 Å². The smallest absolute Gasteiger partial charge is 0.0173 e. The van der Waals surface area contributed by atoms with Gasteiger partial charge in [0, 0.05) is 5.54 Å². The summed E-state index contributed by atoms with van der Waals surface area (Å²) in [6.45, 7) is 13.5. The van der Waals surface area contributed by atoms with Gasteiger partial charge >= 0.3 is 0 Å². The van der Waals surface area contributed by atoms with E-state index in [2.05, 4.69) is 39.9 Å². The predicted molar refractivity (Wildman–Crippen MR) is 78.3 cm³/mol. The summed E-state index contributed by atoms with van der Waals surface area (Å²) in [5.74, 6) is 0. The van der Waals surface area contributed by atoms with E-state index in [1.54, 1.807) is 0 Å². The second-order valence-electron chi connectivity index (χ2n) is 6.07. The summed E-state index contributed by atoms with van der Waals surface area (Å²) in [6.07, 6.45) is 7.34. The average molecular weight is 242 g/mol. The van der Waals surface area contributed by atoms with Gasteiger partial charge in [-0.25, -0.2) is 0 Å². The van der Waals surface area contributed by atoms with E-state index in [-0.39, 0.29) is 0 Å². The molecular formula is C15H34N2. The summed E-state index contributed by atoms with van der Waals surface area (Å²) in [5.41, 5.74) is 6.42. The largest absolute Gasteiger partial charge is 0.330 e. The van der Waals surface area contributed by atoms with E-state index in [0.717, 1.165) is 19.5 Å². The van der Waals surface area contributed by atoms with Crippen molar-refractivity contribution in [1.29, 1.82) is 0 Å². The fraction of sp³-hybridized carbons (Fsp3) is 1.00. The molecule has 0 aromatic rings. The zero-order valence-electron chi connectivity index (χ0n) is 12.7. The van der Waals surface area contributed by atoms with Crippen LogP contribution < -0.4 is 11.1 Å². The van der Waals surface area contributed by atoms with E-state index in [1.165, 1.54) is 32.1 Å². The lowest BCUT2D eigenvalue weighted by molar-refractivity contribution is 0.263. The van der Waals surface area contributed by atoms with Gasteiger partial charge in [-0.3, -0.25) is 0 Å². The van der Waals surface area contributed by atoms with Crippen LogP contribution in [0.25, 0.3) is 0 Å². The van der Waals surface area contributed by atoms with Crippen LogP contribution in [0.1, 0.15) is 73.1 Å². The zero-order valence-corrected chi connectivity index (χ0v) is 12.7. The molecule has 0 aliphatic heterocycles. The summed E-state index contributed by atoms with van der Waals surface area (Å²) < 4.78 is 0. The lowest BCUT2D eigenvalue weighted by Crippen LogP contribution is -2.44. The first-order chi connectivity index (χ1) is 7.95. The topological polar surface area (TPSA) is 38.0 Å². The van der Waals surface area contributed by atoms with Gasteiger partial charge in [0.2, 0.25) is 0 Å². The number of nitrogens with one attached hydrogen (secondary N) is 1. The van der Waals surface area contributed by atoms with Crippen LogP contribution in [-0.4, -0.2) is 18.6 Å². The fourth-order valence-corrected chi connectivity index (χ4v) is 2.56. The minimum atomic E-state index is 0.373. The zero-order chi connectivity index (χ0) is 13.4. The van der Waals surface area contributed by atoms with Gasteiger partial charge in [0.25, 0.3) is 0 Å². The normalized spacial score (nSPS) is 13.1. The lowest BCUT2D eigenvalue weighted by Gasteiger charge is -2.33. The van der Waals surface area contributed by atoms with E-state index in [1.807, 2.05) is 0 Å².